The number of carbonyl (C=O) groups excluding carboxylic acids is 4. The van der Waals surface area contributed by atoms with E-state index < -0.39 is 35.6 Å². The number of rotatable bonds is 15. The predicted octanol–water partition coefficient (Wildman–Crippen LogP) is 5.23. The number of unbranched alkanes of at least 4 members (excludes halogenated alkanes) is 3. The molecule has 0 spiro atoms. The lowest BCUT2D eigenvalue weighted by Gasteiger charge is -2.35. The Hall–Kier alpha value is -3.88. The quantitative estimate of drug-likeness (QED) is 0.248. The van der Waals surface area contributed by atoms with Crippen LogP contribution in [0.1, 0.15) is 94.5 Å². The number of primary amides is 1. The Morgan fingerprint density at radius 3 is 2.26 bits per heavy atom. The molecule has 2 aromatic rings. The van der Waals surface area contributed by atoms with Crippen molar-refractivity contribution in [2.75, 3.05) is 6.54 Å². The van der Waals surface area contributed by atoms with Gasteiger partial charge in [-0.25, -0.2) is 4.79 Å². The number of nitrogens with two attached hydrogens (primary N) is 1. The number of benzene rings is 2. The molecule has 0 aliphatic carbocycles. The molecule has 0 radical (unpaired) electrons. The van der Waals surface area contributed by atoms with Crippen molar-refractivity contribution >= 4 is 23.8 Å². The molecule has 0 aliphatic rings. The molecule has 9 heteroatoms. The van der Waals surface area contributed by atoms with Gasteiger partial charge in [-0.15, -0.1) is 0 Å². The molecule has 4 N–H and O–H groups in total. The maximum Gasteiger partial charge on any atom is 0.408 e. The molecule has 4 amide bonds. The molecule has 42 heavy (non-hydrogen) atoms. The summed E-state index contributed by atoms with van der Waals surface area (Å²) in [6.07, 6.45) is 2.60. The lowest BCUT2D eigenvalue weighted by molar-refractivity contribution is -0.143. The van der Waals surface area contributed by atoms with Crippen LogP contribution in [0, 0.1) is 13.8 Å². The second-order valence-corrected chi connectivity index (χ2v) is 11.8. The van der Waals surface area contributed by atoms with Gasteiger partial charge in [0.05, 0.1) is 0 Å². The summed E-state index contributed by atoms with van der Waals surface area (Å²) in [6.45, 7) is 11.7. The molecule has 0 saturated carbocycles. The number of carbonyl (C=O) groups is 4. The first-order valence-electron chi connectivity index (χ1n) is 14.8. The van der Waals surface area contributed by atoms with Crippen molar-refractivity contribution in [1.29, 1.82) is 0 Å². The smallest absolute Gasteiger partial charge is 0.408 e. The summed E-state index contributed by atoms with van der Waals surface area (Å²) in [6, 6.07) is 13.3. The molecule has 0 fully saturated rings. The summed E-state index contributed by atoms with van der Waals surface area (Å²) >= 11 is 0. The fourth-order valence-corrected chi connectivity index (χ4v) is 4.73. The van der Waals surface area contributed by atoms with Crippen molar-refractivity contribution in [2.24, 2.45) is 5.73 Å². The minimum atomic E-state index is -1.12. The molecule has 2 rings (SSSR count). The summed E-state index contributed by atoms with van der Waals surface area (Å²) in [5, 5.41) is 5.66. The predicted molar refractivity (Wildman–Crippen MR) is 164 cm³/mol. The fourth-order valence-electron chi connectivity index (χ4n) is 4.73. The Bertz CT molecular complexity index is 1190. The van der Waals surface area contributed by atoms with Gasteiger partial charge in [0.15, 0.2) is 0 Å². The second-order valence-electron chi connectivity index (χ2n) is 11.8. The van der Waals surface area contributed by atoms with Crippen LogP contribution in [0.3, 0.4) is 0 Å². The van der Waals surface area contributed by atoms with Crippen molar-refractivity contribution in [3.63, 3.8) is 0 Å². The molecule has 0 aliphatic heterocycles. The number of nitrogens with one attached hydrogen (secondary N) is 2. The van der Waals surface area contributed by atoms with E-state index in [4.69, 9.17) is 10.5 Å². The van der Waals surface area contributed by atoms with E-state index in [2.05, 4.69) is 17.6 Å². The summed E-state index contributed by atoms with van der Waals surface area (Å²) in [5.74, 6) is -1.40. The topological polar surface area (TPSA) is 131 Å². The molecule has 9 nitrogen and oxygen atoms in total. The van der Waals surface area contributed by atoms with E-state index in [1.165, 1.54) is 4.90 Å². The van der Waals surface area contributed by atoms with Crippen molar-refractivity contribution < 1.29 is 23.9 Å². The van der Waals surface area contributed by atoms with Gasteiger partial charge in [0.2, 0.25) is 17.7 Å². The van der Waals surface area contributed by atoms with Crippen LogP contribution in [0.2, 0.25) is 0 Å². The number of amides is 4. The Labute approximate surface area is 250 Å². The molecule has 0 bridgehead atoms. The molecule has 230 valence electrons. The highest BCUT2D eigenvalue weighted by Gasteiger charge is 2.36. The van der Waals surface area contributed by atoms with Gasteiger partial charge in [0.1, 0.15) is 17.7 Å². The summed E-state index contributed by atoms with van der Waals surface area (Å²) in [7, 11) is 0. The van der Waals surface area contributed by atoms with Crippen LogP contribution in [-0.2, 0) is 25.7 Å². The van der Waals surface area contributed by atoms with Crippen molar-refractivity contribution in [2.45, 2.75) is 104 Å². The molecule has 0 aromatic heterocycles. The highest BCUT2D eigenvalue weighted by molar-refractivity contribution is 5.92. The van der Waals surface area contributed by atoms with Crippen molar-refractivity contribution in [3.05, 3.63) is 70.8 Å². The number of alkyl carbamates (subject to hydrolysis) is 1. The highest BCUT2D eigenvalue weighted by atomic mass is 16.6. The van der Waals surface area contributed by atoms with Gasteiger partial charge in [0, 0.05) is 19.5 Å². The molecule has 2 unspecified atom stereocenters. The Morgan fingerprint density at radius 2 is 1.67 bits per heavy atom. The number of hydrogen-bond donors (Lipinski definition) is 3. The monoisotopic (exact) mass is 580 g/mol. The third-order valence-electron chi connectivity index (χ3n) is 6.79. The molecular formula is C33H48N4O5. The van der Waals surface area contributed by atoms with Crippen LogP contribution in [0.4, 0.5) is 4.79 Å². The first-order valence-corrected chi connectivity index (χ1v) is 14.8. The first kappa shape index (κ1) is 34.3. The van der Waals surface area contributed by atoms with Crippen LogP contribution in [-0.4, -0.2) is 46.9 Å². The average molecular weight is 581 g/mol. The van der Waals surface area contributed by atoms with E-state index in [-0.39, 0.29) is 18.7 Å². The largest absolute Gasteiger partial charge is 0.444 e. The van der Waals surface area contributed by atoms with Gasteiger partial charge in [0.25, 0.3) is 0 Å². The standard InChI is InChI=1S/C33H48N4O5/c1-7-8-9-13-20-37(31(40)27(18-19-28(34)38)36-32(41)42-33(4,5)6)29(26-17-16-23(2)21-24(26)3)30(39)35-22-25-14-11-10-12-15-25/h10-12,14-17,21,27,29H,7-9,13,18-20,22H2,1-6H3,(H2,34,38)(H,35,39)(H,36,41). The zero-order valence-electron chi connectivity index (χ0n) is 26.0. The Morgan fingerprint density at radius 1 is 0.976 bits per heavy atom. The molecule has 0 heterocycles. The fraction of sp³-hybridized carbons (Fsp3) is 0.515. The van der Waals surface area contributed by atoms with Crippen LogP contribution in [0.25, 0.3) is 0 Å². The highest BCUT2D eigenvalue weighted by Crippen LogP contribution is 2.28. The zero-order valence-corrected chi connectivity index (χ0v) is 26.0. The lowest BCUT2D eigenvalue weighted by Crippen LogP contribution is -2.53. The van der Waals surface area contributed by atoms with Gasteiger partial charge in [-0.3, -0.25) is 14.4 Å². The number of nitrogens with zero attached hydrogens (tertiary/aromatic N) is 1. The van der Waals surface area contributed by atoms with E-state index in [1.54, 1.807) is 20.8 Å². The molecule has 0 saturated heterocycles. The van der Waals surface area contributed by atoms with Crippen LogP contribution in [0.15, 0.2) is 48.5 Å². The van der Waals surface area contributed by atoms with Crippen molar-refractivity contribution in [1.82, 2.24) is 15.5 Å². The lowest BCUT2D eigenvalue weighted by atomic mass is 9.95. The van der Waals surface area contributed by atoms with Gasteiger partial charge < -0.3 is 26.0 Å². The number of hydrogen-bond acceptors (Lipinski definition) is 5. The maximum atomic E-state index is 14.3. The first-order chi connectivity index (χ1) is 19.8. The summed E-state index contributed by atoms with van der Waals surface area (Å²) < 4.78 is 5.41. The minimum absolute atomic E-state index is 0.0237. The van der Waals surface area contributed by atoms with Gasteiger partial charge >= 0.3 is 6.09 Å². The molecular weight excluding hydrogens is 532 g/mol. The van der Waals surface area contributed by atoms with Gasteiger partial charge in [-0.05, 0) is 64.2 Å². The Balaban J connectivity index is 2.53. The normalized spacial score (nSPS) is 12.6. The zero-order chi connectivity index (χ0) is 31.3. The maximum absolute atomic E-state index is 14.3. The van der Waals surface area contributed by atoms with Crippen LogP contribution < -0.4 is 16.4 Å². The van der Waals surface area contributed by atoms with Crippen LogP contribution in [0.5, 0.6) is 0 Å². The van der Waals surface area contributed by atoms with Gasteiger partial charge in [-0.1, -0.05) is 80.3 Å². The third kappa shape index (κ3) is 11.5. The number of ether oxygens (including phenoxy) is 1. The summed E-state index contributed by atoms with van der Waals surface area (Å²) in [4.78, 5) is 54.3. The van der Waals surface area contributed by atoms with Gasteiger partial charge in [-0.2, -0.15) is 0 Å². The van der Waals surface area contributed by atoms with E-state index >= 15 is 0 Å². The van der Waals surface area contributed by atoms with Crippen LogP contribution >= 0.6 is 0 Å². The average Bonchev–Trinajstić information content (AvgIpc) is 2.91. The van der Waals surface area contributed by atoms with E-state index in [9.17, 15) is 19.2 Å². The Kier molecular flexibility index (Phi) is 13.5. The molecule has 2 atom stereocenters. The minimum Gasteiger partial charge on any atom is -0.444 e. The SMILES string of the molecule is CCCCCCN(C(=O)C(CCC(N)=O)NC(=O)OC(C)(C)C)C(C(=O)NCc1ccccc1)c1ccc(C)cc1C. The number of aryl methyl sites for hydroxylation is 2. The second kappa shape index (κ2) is 16.5. The van der Waals surface area contributed by atoms with Crippen molar-refractivity contribution in [3.8, 4) is 0 Å². The van der Waals surface area contributed by atoms with E-state index in [1.807, 2.05) is 62.4 Å². The van der Waals surface area contributed by atoms with E-state index in [0.717, 1.165) is 36.0 Å². The third-order valence-corrected chi connectivity index (χ3v) is 6.79. The van der Waals surface area contributed by atoms with E-state index in [0.29, 0.717) is 25.1 Å². The summed E-state index contributed by atoms with van der Waals surface area (Å²) in [5.41, 5.74) is 8.15. The molecule has 2 aromatic carbocycles.